The van der Waals surface area contributed by atoms with Crippen LogP contribution in [0, 0.1) is 0 Å². The minimum absolute atomic E-state index is 0.0846. The molecule has 3 aromatic rings. The van der Waals surface area contributed by atoms with Gasteiger partial charge in [-0.2, -0.15) is 0 Å². The first kappa shape index (κ1) is 20.9. The minimum Gasteiger partial charge on any atom is -0.343 e. The van der Waals surface area contributed by atoms with Crippen LogP contribution in [-0.4, -0.2) is 23.5 Å². The molecule has 30 heavy (non-hydrogen) atoms. The molecule has 0 bridgehead atoms. The van der Waals surface area contributed by atoms with Crippen molar-refractivity contribution in [3.8, 4) is 0 Å². The van der Waals surface area contributed by atoms with Crippen molar-refractivity contribution < 1.29 is 19.2 Å². The topological polar surface area (TPSA) is 104 Å². The Morgan fingerprint density at radius 2 is 1.40 bits per heavy atom. The quantitative estimate of drug-likeness (QED) is 0.420. The molecular formula is C22H19N3O4S. The highest BCUT2D eigenvalue weighted by Gasteiger charge is 2.15. The van der Waals surface area contributed by atoms with Crippen LogP contribution in [0.2, 0.25) is 0 Å². The molecule has 3 rings (SSSR count). The average Bonchev–Trinajstić information content (AvgIpc) is 3.22. The van der Waals surface area contributed by atoms with E-state index in [0.29, 0.717) is 21.8 Å². The lowest BCUT2D eigenvalue weighted by Crippen LogP contribution is -2.34. The van der Waals surface area contributed by atoms with Crippen LogP contribution in [0.5, 0.6) is 0 Å². The fourth-order valence-corrected chi connectivity index (χ4v) is 3.51. The second kappa shape index (κ2) is 9.62. The molecule has 0 aliphatic rings. The second-order valence-electron chi connectivity index (χ2n) is 6.36. The number of hydrogen-bond acceptors (Lipinski definition) is 5. The molecule has 152 valence electrons. The first-order valence-corrected chi connectivity index (χ1v) is 9.89. The number of rotatable bonds is 6. The molecule has 0 aliphatic carbocycles. The zero-order chi connectivity index (χ0) is 21.5. The van der Waals surface area contributed by atoms with E-state index in [9.17, 15) is 19.2 Å². The Balaban J connectivity index is 1.52. The van der Waals surface area contributed by atoms with Crippen molar-refractivity contribution in [2.24, 2.45) is 0 Å². The van der Waals surface area contributed by atoms with E-state index in [4.69, 9.17) is 0 Å². The third kappa shape index (κ3) is 5.62. The molecule has 0 atom stereocenters. The average molecular weight is 421 g/mol. The van der Waals surface area contributed by atoms with E-state index in [0.717, 1.165) is 4.88 Å². The standard InChI is InChI=1S/C22H19N3O4S/c1-14(26)24-16-7-9-17(10-8-16)25-22(29)21(28)23-13-18-11-12-19(30-18)20(27)15-5-3-2-4-6-15/h2-12H,13H2,1H3,(H,23,28)(H,24,26)(H,25,29). The lowest BCUT2D eigenvalue weighted by Gasteiger charge is -2.07. The van der Waals surface area contributed by atoms with E-state index in [2.05, 4.69) is 16.0 Å². The van der Waals surface area contributed by atoms with Gasteiger partial charge in [-0.25, -0.2) is 0 Å². The van der Waals surface area contributed by atoms with Gasteiger partial charge < -0.3 is 16.0 Å². The van der Waals surface area contributed by atoms with Crippen LogP contribution in [0.15, 0.2) is 66.7 Å². The Kier molecular flexibility index (Phi) is 6.71. The highest BCUT2D eigenvalue weighted by atomic mass is 32.1. The number of nitrogens with one attached hydrogen (secondary N) is 3. The number of amides is 3. The zero-order valence-electron chi connectivity index (χ0n) is 16.1. The molecule has 0 fully saturated rings. The number of anilines is 2. The predicted octanol–water partition coefficient (Wildman–Crippen LogP) is 3.19. The summed E-state index contributed by atoms with van der Waals surface area (Å²) in [4.78, 5) is 48.9. The minimum atomic E-state index is -0.806. The van der Waals surface area contributed by atoms with Crippen molar-refractivity contribution >= 4 is 46.2 Å². The van der Waals surface area contributed by atoms with Gasteiger partial charge in [0.15, 0.2) is 0 Å². The molecule has 7 nitrogen and oxygen atoms in total. The maximum atomic E-state index is 12.4. The van der Waals surface area contributed by atoms with Crippen molar-refractivity contribution in [2.45, 2.75) is 13.5 Å². The van der Waals surface area contributed by atoms with Crippen LogP contribution in [0.25, 0.3) is 0 Å². The first-order chi connectivity index (χ1) is 14.4. The van der Waals surface area contributed by atoms with E-state index in [1.807, 2.05) is 6.07 Å². The van der Waals surface area contributed by atoms with Crippen molar-refractivity contribution in [3.05, 3.63) is 82.0 Å². The highest BCUT2D eigenvalue weighted by Crippen LogP contribution is 2.20. The molecular weight excluding hydrogens is 402 g/mol. The number of benzene rings is 2. The molecule has 2 aromatic carbocycles. The van der Waals surface area contributed by atoms with Gasteiger partial charge in [-0.1, -0.05) is 30.3 Å². The van der Waals surface area contributed by atoms with Gasteiger partial charge in [0.2, 0.25) is 11.7 Å². The van der Waals surface area contributed by atoms with Crippen LogP contribution < -0.4 is 16.0 Å². The number of thiophene rings is 1. The summed E-state index contributed by atoms with van der Waals surface area (Å²) in [5.74, 6) is -1.88. The van der Waals surface area contributed by atoms with Crippen molar-refractivity contribution in [1.82, 2.24) is 5.32 Å². The fourth-order valence-electron chi connectivity index (χ4n) is 2.60. The molecule has 3 amide bonds. The van der Waals surface area contributed by atoms with E-state index >= 15 is 0 Å². The normalized spacial score (nSPS) is 10.2. The SMILES string of the molecule is CC(=O)Nc1ccc(NC(=O)C(=O)NCc2ccc(C(=O)c3ccccc3)s2)cc1. The Morgan fingerprint density at radius 3 is 2.03 bits per heavy atom. The largest absolute Gasteiger partial charge is 0.343 e. The van der Waals surface area contributed by atoms with Gasteiger partial charge in [-0.05, 0) is 36.4 Å². The summed E-state index contributed by atoms with van der Waals surface area (Å²) in [5.41, 5.74) is 1.61. The van der Waals surface area contributed by atoms with Gasteiger partial charge in [0.05, 0.1) is 11.4 Å². The van der Waals surface area contributed by atoms with Gasteiger partial charge in [0, 0.05) is 28.7 Å². The number of carbonyl (C=O) groups is 4. The van der Waals surface area contributed by atoms with Crippen LogP contribution in [0.4, 0.5) is 11.4 Å². The zero-order valence-corrected chi connectivity index (χ0v) is 16.9. The van der Waals surface area contributed by atoms with Gasteiger partial charge in [-0.15, -0.1) is 11.3 Å². The van der Waals surface area contributed by atoms with Crippen LogP contribution in [0.1, 0.15) is 27.0 Å². The van der Waals surface area contributed by atoms with Crippen molar-refractivity contribution in [1.29, 1.82) is 0 Å². The van der Waals surface area contributed by atoms with E-state index in [1.54, 1.807) is 60.7 Å². The molecule has 8 heteroatoms. The number of carbonyl (C=O) groups excluding carboxylic acids is 4. The van der Waals surface area contributed by atoms with Crippen LogP contribution in [0.3, 0.4) is 0 Å². The summed E-state index contributed by atoms with van der Waals surface area (Å²) in [6.07, 6.45) is 0. The molecule has 0 spiro atoms. The van der Waals surface area contributed by atoms with Gasteiger partial charge in [0.1, 0.15) is 0 Å². The summed E-state index contributed by atoms with van der Waals surface area (Å²) in [5, 5.41) is 7.64. The Labute approximate surface area is 177 Å². The number of hydrogen-bond donors (Lipinski definition) is 3. The Morgan fingerprint density at radius 1 is 0.767 bits per heavy atom. The monoisotopic (exact) mass is 421 g/mol. The number of ketones is 1. The molecule has 1 heterocycles. The fraction of sp³-hybridized carbons (Fsp3) is 0.0909. The Hall–Kier alpha value is -3.78. The molecule has 0 unspecified atom stereocenters. The smallest absolute Gasteiger partial charge is 0.313 e. The van der Waals surface area contributed by atoms with Gasteiger partial charge in [0.25, 0.3) is 0 Å². The maximum Gasteiger partial charge on any atom is 0.313 e. The van der Waals surface area contributed by atoms with E-state index in [-0.39, 0.29) is 18.2 Å². The lowest BCUT2D eigenvalue weighted by atomic mass is 10.1. The summed E-state index contributed by atoms with van der Waals surface area (Å²) in [7, 11) is 0. The third-order valence-corrected chi connectivity index (χ3v) is 5.10. The van der Waals surface area contributed by atoms with Crippen molar-refractivity contribution in [2.75, 3.05) is 10.6 Å². The molecule has 0 saturated carbocycles. The summed E-state index contributed by atoms with van der Waals surface area (Å²) >= 11 is 1.27. The first-order valence-electron chi connectivity index (χ1n) is 9.07. The predicted molar refractivity (Wildman–Crippen MR) is 115 cm³/mol. The highest BCUT2D eigenvalue weighted by molar-refractivity contribution is 7.14. The molecule has 0 radical (unpaired) electrons. The summed E-state index contributed by atoms with van der Waals surface area (Å²) in [6, 6.07) is 18.8. The molecule has 3 N–H and O–H groups in total. The molecule has 1 aromatic heterocycles. The Bertz CT molecular complexity index is 1080. The van der Waals surface area contributed by atoms with E-state index < -0.39 is 11.8 Å². The van der Waals surface area contributed by atoms with Gasteiger partial charge in [-0.3, -0.25) is 19.2 Å². The van der Waals surface area contributed by atoms with Crippen LogP contribution in [-0.2, 0) is 20.9 Å². The van der Waals surface area contributed by atoms with Gasteiger partial charge >= 0.3 is 11.8 Å². The molecule has 0 aliphatic heterocycles. The second-order valence-corrected chi connectivity index (χ2v) is 7.52. The van der Waals surface area contributed by atoms with Crippen LogP contribution >= 0.6 is 11.3 Å². The summed E-state index contributed by atoms with van der Waals surface area (Å²) in [6.45, 7) is 1.54. The lowest BCUT2D eigenvalue weighted by molar-refractivity contribution is -0.136. The maximum absolute atomic E-state index is 12.4. The third-order valence-electron chi connectivity index (χ3n) is 4.01. The van der Waals surface area contributed by atoms with E-state index in [1.165, 1.54) is 18.3 Å². The van der Waals surface area contributed by atoms with Crippen molar-refractivity contribution in [3.63, 3.8) is 0 Å². The summed E-state index contributed by atoms with van der Waals surface area (Å²) < 4.78 is 0. The molecule has 0 saturated heterocycles.